The molecule has 1 aliphatic rings. The number of urea groups is 1. The first-order chi connectivity index (χ1) is 9.69. The summed E-state index contributed by atoms with van der Waals surface area (Å²) in [7, 11) is 4.15. The van der Waals surface area contributed by atoms with E-state index < -0.39 is 11.5 Å². The Balaban J connectivity index is 2.38. The number of hydrogen-bond acceptors (Lipinski definition) is 3. The first-order valence-electron chi connectivity index (χ1n) is 7.63. The van der Waals surface area contributed by atoms with Gasteiger partial charge in [-0.25, -0.2) is 4.79 Å². The molecule has 122 valence electrons. The Morgan fingerprint density at radius 1 is 1.29 bits per heavy atom. The minimum Gasteiger partial charge on any atom is -0.481 e. The Hall–Kier alpha value is -1.30. The summed E-state index contributed by atoms with van der Waals surface area (Å²) >= 11 is 0. The number of nitrogens with one attached hydrogen (secondary N) is 1. The van der Waals surface area contributed by atoms with E-state index in [2.05, 4.69) is 24.3 Å². The van der Waals surface area contributed by atoms with Crippen molar-refractivity contribution in [2.24, 2.45) is 5.92 Å². The van der Waals surface area contributed by atoms with Crippen molar-refractivity contribution in [3.05, 3.63) is 0 Å². The van der Waals surface area contributed by atoms with Gasteiger partial charge < -0.3 is 20.2 Å². The van der Waals surface area contributed by atoms with Gasteiger partial charge in [-0.15, -0.1) is 0 Å². The SMILES string of the molecule is CN(C)CC1CCN(C(=O)NC(C)(C)CCC(=O)O)CC1. The van der Waals surface area contributed by atoms with Gasteiger partial charge in [-0.2, -0.15) is 0 Å². The second kappa shape index (κ2) is 7.64. The number of amides is 2. The van der Waals surface area contributed by atoms with Crippen molar-refractivity contribution in [3.63, 3.8) is 0 Å². The van der Waals surface area contributed by atoms with Crippen LogP contribution in [0.15, 0.2) is 0 Å². The van der Waals surface area contributed by atoms with E-state index in [0.29, 0.717) is 12.3 Å². The number of rotatable bonds is 6. The molecule has 21 heavy (non-hydrogen) atoms. The van der Waals surface area contributed by atoms with Crippen LogP contribution in [-0.2, 0) is 4.79 Å². The van der Waals surface area contributed by atoms with Gasteiger partial charge in [-0.05, 0) is 53.1 Å². The van der Waals surface area contributed by atoms with Crippen molar-refractivity contribution in [1.29, 1.82) is 0 Å². The predicted octanol–water partition coefficient (Wildman–Crippen LogP) is 1.61. The van der Waals surface area contributed by atoms with Crippen molar-refractivity contribution in [2.75, 3.05) is 33.7 Å². The van der Waals surface area contributed by atoms with E-state index in [4.69, 9.17) is 5.11 Å². The standard InChI is InChI=1S/C15H29N3O3/c1-15(2,8-5-13(19)20)16-14(21)18-9-6-12(7-10-18)11-17(3)4/h12H,5-11H2,1-4H3,(H,16,21)(H,19,20). The van der Waals surface area contributed by atoms with Crippen LogP contribution >= 0.6 is 0 Å². The molecule has 0 aliphatic carbocycles. The molecule has 0 aromatic rings. The molecule has 0 atom stereocenters. The Morgan fingerprint density at radius 3 is 2.33 bits per heavy atom. The Kier molecular flexibility index (Phi) is 6.45. The van der Waals surface area contributed by atoms with Crippen LogP contribution in [0.1, 0.15) is 39.5 Å². The average molecular weight is 299 g/mol. The summed E-state index contributed by atoms with van der Waals surface area (Å²) < 4.78 is 0. The molecule has 1 saturated heterocycles. The summed E-state index contributed by atoms with van der Waals surface area (Å²) in [6.07, 6.45) is 2.56. The van der Waals surface area contributed by atoms with Gasteiger partial charge in [0.1, 0.15) is 0 Å². The van der Waals surface area contributed by atoms with Gasteiger partial charge in [0.2, 0.25) is 0 Å². The highest BCUT2D eigenvalue weighted by atomic mass is 16.4. The lowest BCUT2D eigenvalue weighted by molar-refractivity contribution is -0.137. The van der Waals surface area contributed by atoms with E-state index in [1.807, 2.05) is 18.7 Å². The topological polar surface area (TPSA) is 72.9 Å². The quantitative estimate of drug-likeness (QED) is 0.781. The lowest BCUT2D eigenvalue weighted by atomic mass is 9.96. The Labute approximate surface area is 127 Å². The summed E-state index contributed by atoms with van der Waals surface area (Å²) in [4.78, 5) is 26.9. The Morgan fingerprint density at radius 2 is 1.86 bits per heavy atom. The van der Waals surface area contributed by atoms with Crippen molar-refractivity contribution in [2.45, 2.75) is 45.1 Å². The van der Waals surface area contributed by atoms with Crippen molar-refractivity contribution in [1.82, 2.24) is 15.1 Å². The fourth-order valence-corrected chi connectivity index (χ4v) is 2.69. The minimum atomic E-state index is -0.832. The molecule has 2 amide bonds. The molecule has 6 nitrogen and oxygen atoms in total. The lowest BCUT2D eigenvalue weighted by Crippen LogP contribution is -2.52. The molecule has 0 saturated carbocycles. The van der Waals surface area contributed by atoms with Crippen LogP contribution in [0.25, 0.3) is 0 Å². The summed E-state index contributed by atoms with van der Waals surface area (Å²) in [6.45, 7) is 6.36. The van der Waals surface area contributed by atoms with Crippen LogP contribution in [-0.4, -0.2) is 66.2 Å². The van der Waals surface area contributed by atoms with E-state index in [9.17, 15) is 9.59 Å². The molecule has 0 aromatic carbocycles. The van der Waals surface area contributed by atoms with Crippen LogP contribution in [0.3, 0.4) is 0 Å². The maximum atomic E-state index is 12.2. The Bertz CT molecular complexity index is 361. The van der Waals surface area contributed by atoms with Gasteiger partial charge in [0.25, 0.3) is 0 Å². The highest BCUT2D eigenvalue weighted by Gasteiger charge is 2.27. The third-order valence-electron chi connectivity index (χ3n) is 3.93. The van der Waals surface area contributed by atoms with E-state index in [1.54, 1.807) is 0 Å². The third kappa shape index (κ3) is 6.80. The summed E-state index contributed by atoms with van der Waals surface area (Å²) in [6, 6.07) is -0.0753. The normalized spacial score (nSPS) is 17.1. The molecule has 1 heterocycles. The summed E-state index contributed by atoms with van der Waals surface area (Å²) in [5.74, 6) is -0.175. The van der Waals surface area contributed by atoms with Gasteiger partial charge in [-0.3, -0.25) is 4.79 Å². The van der Waals surface area contributed by atoms with Crippen LogP contribution in [0.4, 0.5) is 4.79 Å². The van der Waals surface area contributed by atoms with Crippen molar-refractivity contribution >= 4 is 12.0 Å². The highest BCUT2D eigenvalue weighted by molar-refractivity contribution is 5.75. The van der Waals surface area contributed by atoms with Gasteiger partial charge in [0.15, 0.2) is 0 Å². The molecule has 0 unspecified atom stereocenters. The van der Waals surface area contributed by atoms with Crippen LogP contribution in [0.5, 0.6) is 0 Å². The minimum absolute atomic E-state index is 0.0676. The predicted molar refractivity (Wildman–Crippen MR) is 82.3 cm³/mol. The number of likely N-dealkylation sites (tertiary alicyclic amines) is 1. The number of carboxylic acid groups (broad SMARTS) is 1. The number of carbonyl (C=O) groups is 2. The number of aliphatic carboxylic acids is 1. The fourth-order valence-electron chi connectivity index (χ4n) is 2.69. The first kappa shape index (κ1) is 17.8. The largest absolute Gasteiger partial charge is 0.481 e. The van der Waals surface area contributed by atoms with E-state index in [0.717, 1.165) is 32.5 Å². The number of carbonyl (C=O) groups excluding carboxylic acids is 1. The number of nitrogens with zero attached hydrogens (tertiary/aromatic N) is 2. The molecule has 1 aliphatic heterocycles. The molecule has 0 spiro atoms. The molecule has 0 radical (unpaired) electrons. The zero-order valence-electron chi connectivity index (χ0n) is 13.7. The molecule has 1 rings (SSSR count). The maximum Gasteiger partial charge on any atom is 0.317 e. The number of piperidine rings is 1. The molecular formula is C15H29N3O3. The van der Waals surface area contributed by atoms with Crippen molar-refractivity contribution in [3.8, 4) is 0 Å². The monoisotopic (exact) mass is 299 g/mol. The molecule has 1 fully saturated rings. The lowest BCUT2D eigenvalue weighted by Gasteiger charge is -2.36. The van der Waals surface area contributed by atoms with E-state index in [1.165, 1.54) is 0 Å². The van der Waals surface area contributed by atoms with Crippen molar-refractivity contribution < 1.29 is 14.7 Å². The second-order valence-corrected chi connectivity index (χ2v) is 6.90. The molecule has 2 N–H and O–H groups in total. The fraction of sp³-hybridized carbons (Fsp3) is 0.867. The van der Waals surface area contributed by atoms with E-state index >= 15 is 0 Å². The third-order valence-corrected chi connectivity index (χ3v) is 3.93. The van der Waals surface area contributed by atoms with Gasteiger partial charge in [0, 0.05) is 31.6 Å². The average Bonchev–Trinajstić information content (AvgIpc) is 2.36. The molecule has 6 heteroatoms. The van der Waals surface area contributed by atoms with Crippen LogP contribution in [0.2, 0.25) is 0 Å². The molecule has 0 aromatic heterocycles. The summed E-state index contributed by atoms with van der Waals surface area (Å²) in [5, 5.41) is 11.7. The number of hydrogen-bond donors (Lipinski definition) is 2. The zero-order chi connectivity index (χ0) is 16.0. The smallest absolute Gasteiger partial charge is 0.317 e. The highest BCUT2D eigenvalue weighted by Crippen LogP contribution is 2.19. The van der Waals surface area contributed by atoms with Gasteiger partial charge in [0.05, 0.1) is 0 Å². The van der Waals surface area contributed by atoms with Gasteiger partial charge >= 0.3 is 12.0 Å². The van der Waals surface area contributed by atoms with Crippen LogP contribution in [0, 0.1) is 5.92 Å². The van der Waals surface area contributed by atoms with Crippen LogP contribution < -0.4 is 5.32 Å². The number of carboxylic acids is 1. The second-order valence-electron chi connectivity index (χ2n) is 6.90. The maximum absolute atomic E-state index is 12.2. The molecular weight excluding hydrogens is 270 g/mol. The van der Waals surface area contributed by atoms with E-state index in [-0.39, 0.29) is 12.5 Å². The zero-order valence-corrected chi connectivity index (χ0v) is 13.7. The summed E-state index contributed by atoms with van der Waals surface area (Å²) in [5.41, 5.74) is -0.490. The first-order valence-corrected chi connectivity index (χ1v) is 7.63. The van der Waals surface area contributed by atoms with Gasteiger partial charge in [-0.1, -0.05) is 0 Å². The molecule has 0 bridgehead atoms.